The van der Waals surface area contributed by atoms with Crippen LogP contribution in [0.5, 0.6) is 0 Å². The summed E-state index contributed by atoms with van der Waals surface area (Å²) in [7, 11) is 0. The van der Waals surface area contributed by atoms with Crippen LogP contribution in [0, 0.1) is 12.3 Å². The molecule has 3 heterocycles. The number of ether oxygens (including phenoxy) is 1. The topological polar surface area (TPSA) is 105 Å². The highest BCUT2D eigenvalue weighted by Crippen LogP contribution is 2.33. The Balaban J connectivity index is 1.97. The molecule has 1 saturated heterocycles. The zero-order valence-electron chi connectivity index (χ0n) is 12.0. The van der Waals surface area contributed by atoms with E-state index in [0.717, 1.165) is 0 Å². The Morgan fingerprint density at radius 2 is 2.18 bits per heavy atom. The number of nitrogens with one attached hydrogen (secondary N) is 1. The monoisotopic (exact) mass is 303 g/mol. The maximum Gasteiger partial charge on any atom is 0.167 e. The van der Waals surface area contributed by atoms with E-state index in [-0.39, 0.29) is 0 Å². The van der Waals surface area contributed by atoms with E-state index in [4.69, 9.17) is 11.2 Å². The fourth-order valence-electron chi connectivity index (χ4n) is 2.60. The molecule has 1 aliphatic heterocycles. The maximum atomic E-state index is 10.2. The number of aliphatic hydroxyl groups is 2. The molecule has 0 aromatic carbocycles. The Hall–Kier alpha value is -2.21. The Kier molecular flexibility index (Phi) is 3.94. The van der Waals surface area contributed by atoms with Crippen molar-refractivity contribution in [3.8, 4) is 12.3 Å². The van der Waals surface area contributed by atoms with Gasteiger partial charge in [0.25, 0.3) is 0 Å². The standard InChI is InChI=1S/C14H17N5O3/c1-3-5-15-12-9-13(17-6-16-12)19(7-18-9)14-11(21)10(20)8(4-2)22-14/h1,6-8,10-11,14,20-21H,4-5H2,2H3,(H,15,16,17)/t8-,10+,11?,14-/m1/s1. The third kappa shape index (κ3) is 2.29. The number of aliphatic hydroxyl groups excluding tert-OH is 2. The van der Waals surface area contributed by atoms with Gasteiger partial charge in [-0.2, -0.15) is 0 Å². The number of fused-ring (bicyclic) bond motifs is 1. The third-order valence-corrected chi connectivity index (χ3v) is 3.73. The van der Waals surface area contributed by atoms with Gasteiger partial charge in [0, 0.05) is 0 Å². The minimum atomic E-state index is -1.04. The van der Waals surface area contributed by atoms with Crippen LogP contribution in [0.3, 0.4) is 0 Å². The summed E-state index contributed by atoms with van der Waals surface area (Å²) in [5.41, 5.74) is 1.03. The molecule has 3 rings (SSSR count). The first-order chi connectivity index (χ1) is 10.7. The lowest BCUT2D eigenvalue weighted by Gasteiger charge is -2.16. The molecular weight excluding hydrogens is 286 g/mol. The molecule has 8 nitrogen and oxygen atoms in total. The summed E-state index contributed by atoms with van der Waals surface area (Å²) in [5.74, 6) is 2.98. The molecule has 2 aromatic heterocycles. The molecule has 1 unspecified atom stereocenters. The van der Waals surface area contributed by atoms with Gasteiger partial charge in [-0.25, -0.2) is 15.0 Å². The minimum absolute atomic E-state index is 0.318. The third-order valence-electron chi connectivity index (χ3n) is 3.73. The van der Waals surface area contributed by atoms with Crippen molar-refractivity contribution in [2.75, 3.05) is 11.9 Å². The molecule has 0 saturated carbocycles. The zero-order chi connectivity index (χ0) is 15.7. The Bertz CT molecular complexity index is 710. The Morgan fingerprint density at radius 1 is 1.36 bits per heavy atom. The smallest absolute Gasteiger partial charge is 0.167 e. The zero-order valence-corrected chi connectivity index (χ0v) is 12.0. The van der Waals surface area contributed by atoms with E-state index in [1.165, 1.54) is 12.7 Å². The molecule has 8 heteroatoms. The first-order valence-corrected chi connectivity index (χ1v) is 7.03. The molecule has 4 atom stereocenters. The number of aromatic nitrogens is 4. The van der Waals surface area contributed by atoms with Gasteiger partial charge in [-0.3, -0.25) is 4.57 Å². The summed E-state index contributed by atoms with van der Waals surface area (Å²) in [5, 5.41) is 23.2. The van der Waals surface area contributed by atoms with Crippen LogP contribution in [0.25, 0.3) is 11.2 Å². The van der Waals surface area contributed by atoms with Crippen LogP contribution in [0.15, 0.2) is 12.7 Å². The first-order valence-electron chi connectivity index (χ1n) is 7.03. The highest BCUT2D eigenvalue weighted by Gasteiger charge is 2.43. The lowest BCUT2D eigenvalue weighted by molar-refractivity contribution is -0.0355. The molecule has 1 aliphatic rings. The molecule has 0 radical (unpaired) electrons. The highest BCUT2D eigenvalue weighted by molar-refractivity contribution is 5.82. The number of nitrogens with zero attached hydrogens (tertiary/aromatic N) is 4. The summed E-state index contributed by atoms with van der Waals surface area (Å²) in [6.07, 6.45) is 5.59. The summed E-state index contributed by atoms with van der Waals surface area (Å²) in [4.78, 5) is 12.6. The fraction of sp³-hybridized carbons (Fsp3) is 0.500. The fourth-order valence-corrected chi connectivity index (χ4v) is 2.60. The number of anilines is 1. The summed E-state index contributed by atoms with van der Waals surface area (Å²) in [6.45, 7) is 2.21. The molecule has 116 valence electrons. The molecule has 0 spiro atoms. The molecular formula is C14H17N5O3. The van der Waals surface area contributed by atoms with Crippen LogP contribution < -0.4 is 5.32 Å². The normalized spacial score (nSPS) is 27.9. The SMILES string of the molecule is C#CCNc1ncnc2c1ncn2[C@@H]1O[C@H](CC)[C@H](O)C1O. The number of terminal acetylenes is 1. The van der Waals surface area contributed by atoms with E-state index in [0.29, 0.717) is 29.9 Å². The molecule has 0 amide bonds. The van der Waals surface area contributed by atoms with Crippen LogP contribution in [0.2, 0.25) is 0 Å². The molecule has 0 aliphatic carbocycles. The van der Waals surface area contributed by atoms with Crippen LogP contribution in [-0.2, 0) is 4.74 Å². The van der Waals surface area contributed by atoms with Crippen molar-refractivity contribution in [2.24, 2.45) is 0 Å². The molecule has 2 aromatic rings. The molecule has 3 N–H and O–H groups in total. The van der Waals surface area contributed by atoms with Gasteiger partial charge in [0.2, 0.25) is 0 Å². The molecule has 22 heavy (non-hydrogen) atoms. The summed E-state index contributed by atoms with van der Waals surface area (Å²) in [6, 6.07) is 0. The van der Waals surface area contributed by atoms with E-state index < -0.39 is 24.5 Å². The number of imidazole rings is 1. The average Bonchev–Trinajstić information content (AvgIpc) is 3.08. The summed E-state index contributed by atoms with van der Waals surface area (Å²) >= 11 is 0. The number of rotatable bonds is 4. The van der Waals surface area contributed by atoms with Gasteiger partial charge >= 0.3 is 0 Å². The van der Waals surface area contributed by atoms with Gasteiger partial charge < -0.3 is 20.3 Å². The van der Waals surface area contributed by atoms with Gasteiger partial charge in [-0.05, 0) is 6.42 Å². The second kappa shape index (κ2) is 5.88. The predicted molar refractivity (Wildman–Crippen MR) is 78.9 cm³/mol. The van der Waals surface area contributed by atoms with Gasteiger partial charge in [0.1, 0.15) is 18.5 Å². The maximum absolute atomic E-state index is 10.2. The van der Waals surface area contributed by atoms with Gasteiger partial charge in [-0.1, -0.05) is 12.8 Å². The quantitative estimate of drug-likeness (QED) is 0.677. The van der Waals surface area contributed by atoms with Gasteiger partial charge in [0.15, 0.2) is 23.2 Å². The Labute approximate surface area is 127 Å². The van der Waals surface area contributed by atoms with Gasteiger partial charge in [0.05, 0.1) is 19.0 Å². The van der Waals surface area contributed by atoms with Crippen molar-refractivity contribution in [1.29, 1.82) is 0 Å². The molecule has 1 fully saturated rings. The molecule has 0 bridgehead atoms. The van der Waals surface area contributed by atoms with E-state index in [1.807, 2.05) is 6.92 Å². The summed E-state index contributed by atoms with van der Waals surface area (Å²) < 4.78 is 7.32. The predicted octanol–water partition coefficient (Wildman–Crippen LogP) is -0.0994. The van der Waals surface area contributed by atoms with E-state index in [2.05, 4.69) is 26.2 Å². The van der Waals surface area contributed by atoms with E-state index in [9.17, 15) is 10.2 Å². The minimum Gasteiger partial charge on any atom is -0.388 e. The average molecular weight is 303 g/mol. The Morgan fingerprint density at radius 3 is 2.86 bits per heavy atom. The van der Waals surface area contributed by atoms with Crippen molar-refractivity contribution < 1.29 is 14.9 Å². The first kappa shape index (κ1) is 14.7. The second-order valence-electron chi connectivity index (χ2n) is 5.06. The van der Waals surface area contributed by atoms with Crippen molar-refractivity contribution in [2.45, 2.75) is 37.9 Å². The van der Waals surface area contributed by atoms with Crippen LogP contribution >= 0.6 is 0 Å². The number of hydrogen-bond donors (Lipinski definition) is 3. The van der Waals surface area contributed by atoms with E-state index in [1.54, 1.807) is 4.57 Å². The van der Waals surface area contributed by atoms with Crippen molar-refractivity contribution in [3.63, 3.8) is 0 Å². The van der Waals surface area contributed by atoms with Gasteiger partial charge in [-0.15, -0.1) is 6.42 Å². The van der Waals surface area contributed by atoms with Crippen LogP contribution in [-0.4, -0.2) is 54.6 Å². The van der Waals surface area contributed by atoms with Crippen molar-refractivity contribution in [1.82, 2.24) is 19.5 Å². The number of hydrogen-bond acceptors (Lipinski definition) is 7. The van der Waals surface area contributed by atoms with Crippen molar-refractivity contribution >= 4 is 17.0 Å². The van der Waals surface area contributed by atoms with Crippen LogP contribution in [0.4, 0.5) is 5.82 Å². The highest BCUT2D eigenvalue weighted by atomic mass is 16.6. The lowest BCUT2D eigenvalue weighted by Crippen LogP contribution is -2.31. The lowest BCUT2D eigenvalue weighted by atomic mass is 10.1. The van der Waals surface area contributed by atoms with Crippen molar-refractivity contribution in [3.05, 3.63) is 12.7 Å². The largest absolute Gasteiger partial charge is 0.388 e. The van der Waals surface area contributed by atoms with Crippen LogP contribution in [0.1, 0.15) is 19.6 Å². The van der Waals surface area contributed by atoms with E-state index >= 15 is 0 Å². The second-order valence-corrected chi connectivity index (χ2v) is 5.06.